The summed E-state index contributed by atoms with van der Waals surface area (Å²) in [6.45, 7) is 1.19. The van der Waals surface area contributed by atoms with Gasteiger partial charge in [-0.05, 0) is 81.0 Å². The number of nitrogens with zero attached hydrogens (tertiary/aromatic N) is 5. The second-order valence-corrected chi connectivity index (χ2v) is 14.7. The standard InChI is InChI=1S/C32H32BrF3N5O7P/c1-18-12-24-27(16-39(18)30(43)21-8-11-26(33)25(14-21)32(34,35)36)41-28(22(15-37-41)13-19-4-5-19)40(31(24)44)23-9-6-20(7-10-23)29(42)38(2)17-48-49(45,46)47-3/h6-11,14-15,18-19H,4-5,12-13,16-17H2,1-3H3,(H,45,46)/t18-/m0/s1. The molecular weight excluding hydrogens is 734 g/mol. The SMILES string of the molecule is COP(=O)(O)OCN(C)C(=O)c1ccc(-n2c(=O)c3c(n4ncc(CC5CC5)c24)CN(C(=O)c2ccc(Br)c(C(F)(F)F)c2)[C@@H](C)C3)cc1. The van der Waals surface area contributed by atoms with E-state index in [1.807, 2.05) is 0 Å². The van der Waals surface area contributed by atoms with Gasteiger partial charge in [0.25, 0.3) is 17.4 Å². The first kappa shape index (κ1) is 35.0. The molecule has 0 radical (unpaired) electrons. The number of aromatic nitrogens is 3. The number of carbonyl (C=O) groups is 2. The molecule has 3 heterocycles. The van der Waals surface area contributed by atoms with Crippen molar-refractivity contribution in [2.75, 3.05) is 20.9 Å². The first-order valence-corrected chi connectivity index (χ1v) is 17.6. The van der Waals surface area contributed by atoms with Gasteiger partial charge in [-0.25, -0.2) is 9.08 Å². The molecule has 2 aromatic carbocycles. The zero-order chi connectivity index (χ0) is 35.4. The maximum atomic E-state index is 14.3. The van der Waals surface area contributed by atoms with Crippen molar-refractivity contribution in [2.24, 2.45) is 5.92 Å². The summed E-state index contributed by atoms with van der Waals surface area (Å²) in [5, 5.41) is 4.64. The van der Waals surface area contributed by atoms with Crippen molar-refractivity contribution in [3.8, 4) is 5.69 Å². The van der Waals surface area contributed by atoms with Gasteiger partial charge < -0.3 is 14.7 Å². The van der Waals surface area contributed by atoms with Gasteiger partial charge in [-0.3, -0.25) is 28.0 Å². The number of alkyl halides is 3. The Morgan fingerprint density at radius 3 is 2.45 bits per heavy atom. The van der Waals surface area contributed by atoms with Gasteiger partial charge in [-0.1, -0.05) is 15.9 Å². The minimum absolute atomic E-state index is 0.0461. The van der Waals surface area contributed by atoms with Gasteiger partial charge in [0, 0.05) is 46.9 Å². The lowest BCUT2D eigenvalue weighted by Gasteiger charge is -2.35. The average Bonchev–Trinajstić information content (AvgIpc) is 3.80. The Balaban J connectivity index is 1.37. The topological polar surface area (TPSA) is 136 Å². The van der Waals surface area contributed by atoms with Crippen LogP contribution in [-0.4, -0.2) is 67.6 Å². The van der Waals surface area contributed by atoms with E-state index in [2.05, 4.69) is 25.6 Å². The van der Waals surface area contributed by atoms with Crippen LogP contribution < -0.4 is 5.56 Å². The minimum atomic E-state index is -4.66. The van der Waals surface area contributed by atoms with E-state index < -0.39 is 44.1 Å². The van der Waals surface area contributed by atoms with Crippen LogP contribution in [0.15, 0.2) is 57.9 Å². The van der Waals surface area contributed by atoms with Crippen molar-refractivity contribution in [3.63, 3.8) is 0 Å². The lowest BCUT2D eigenvalue weighted by Crippen LogP contribution is -2.46. The Hall–Kier alpha value is -3.82. The van der Waals surface area contributed by atoms with Gasteiger partial charge in [0.2, 0.25) is 0 Å². The molecule has 2 aromatic heterocycles. The molecule has 2 atom stereocenters. The van der Waals surface area contributed by atoms with Crippen molar-refractivity contribution >= 4 is 41.2 Å². The van der Waals surface area contributed by atoms with Gasteiger partial charge >= 0.3 is 14.0 Å². The number of hydrogen-bond acceptors (Lipinski definition) is 7. The lowest BCUT2D eigenvalue weighted by molar-refractivity contribution is -0.138. The van der Waals surface area contributed by atoms with Gasteiger partial charge in [-0.2, -0.15) is 18.3 Å². The first-order chi connectivity index (χ1) is 23.1. The highest BCUT2D eigenvalue weighted by Gasteiger charge is 2.37. The molecule has 1 fully saturated rings. The Bertz CT molecular complexity index is 2060. The molecule has 0 saturated heterocycles. The van der Waals surface area contributed by atoms with Gasteiger partial charge in [0.05, 0.1) is 29.7 Å². The summed E-state index contributed by atoms with van der Waals surface area (Å²) in [7, 11) is -1.90. The van der Waals surface area contributed by atoms with Crippen LogP contribution in [0.25, 0.3) is 11.3 Å². The zero-order valence-corrected chi connectivity index (χ0v) is 29.1. The van der Waals surface area contributed by atoms with Crippen molar-refractivity contribution in [2.45, 2.75) is 51.4 Å². The molecular formula is C32H32BrF3N5O7P. The molecule has 1 aliphatic heterocycles. The van der Waals surface area contributed by atoms with E-state index in [1.165, 1.54) is 36.2 Å². The fourth-order valence-electron chi connectivity index (χ4n) is 5.96. The van der Waals surface area contributed by atoms with Crippen LogP contribution in [0.3, 0.4) is 0 Å². The van der Waals surface area contributed by atoms with E-state index in [0.717, 1.165) is 36.5 Å². The molecule has 1 N–H and O–H groups in total. The number of phosphoric ester groups is 1. The maximum absolute atomic E-state index is 14.3. The van der Waals surface area contributed by atoms with Crippen molar-refractivity contribution < 1.29 is 41.3 Å². The summed E-state index contributed by atoms with van der Waals surface area (Å²) in [4.78, 5) is 53.0. The summed E-state index contributed by atoms with van der Waals surface area (Å²) in [5.74, 6) is -0.662. The lowest BCUT2D eigenvalue weighted by atomic mass is 9.97. The molecule has 4 aromatic rings. The number of fused-ring (bicyclic) bond motifs is 3. The molecule has 2 aliphatic rings. The summed E-state index contributed by atoms with van der Waals surface area (Å²) in [5.41, 5.74) is 1.51. The van der Waals surface area contributed by atoms with Crippen molar-refractivity contribution in [3.05, 3.63) is 97.0 Å². The van der Waals surface area contributed by atoms with Crippen molar-refractivity contribution in [1.29, 1.82) is 0 Å². The highest BCUT2D eigenvalue weighted by atomic mass is 79.9. The van der Waals surface area contributed by atoms with Crippen LogP contribution in [0.4, 0.5) is 13.2 Å². The average molecular weight is 767 g/mol. The number of phosphoric acid groups is 1. The largest absolute Gasteiger partial charge is 0.473 e. The molecule has 2 amide bonds. The van der Waals surface area contributed by atoms with E-state index in [9.17, 15) is 37.0 Å². The van der Waals surface area contributed by atoms with Crippen molar-refractivity contribution in [1.82, 2.24) is 24.0 Å². The summed E-state index contributed by atoms with van der Waals surface area (Å²) in [6, 6.07) is 9.12. The van der Waals surface area contributed by atoms with E-state index in [-0.39, 0.29) is 34.1 Å². The van der Waals surface area contributed by atoms with Crippen LogP contribution >= 0.6 is 23.8 Å². The molecule has 49 heavy (non-hydrogen) atoms. The molecule has 260 valence electrons. The second-order valence-electron chi connectivity index (χ2n) is 12.3. The predicted molar refractivity (Wildman–Crippen MR) is 174 cm³/mol. The molecule has 1 saturated carbocycles. The fourth-order valence-corrected chi connectivity index (χ4v) is 6.85. The van der Waals surface area contributed by atoms with Gasteiger partial charge in [0.1, 0.15) is 12.4 Å². The van der Waals surface area contributed by atoms with E-state index in [0.29, 0.717) is 34.9 Å². The zero-order valence-electron chi connectivity index (χ0n) is 26.6. The summed E-state index contributed by atoms with van der Waals surface area (Å²) >= 11 is 2.92. The Morgan fingerprint density at radius 1 is 1.14 bits per heavy atom. The Kier molecular flexibility index (Phi) is 9.39. The van der Waals surface area contributed by atoms with E-state index in [4.69, 9.17) is 4.52 Å². The third-order valence-electron chi connectivity index (χ3n) is 8.80. The molecule has 0 spiro atoms. The molecule has 1 unspecified atom stereocenters. The Morgan fingerprint density at radius 2 is 1.82 bits per heavy atom. The van der Waals surface area contributed by atoms with Crippen LogP contribution in [0.1, 0.15) is 62.9 Å². The normalized spacial score (nSPS) is 17.6. The van der Waals surface area contributed by atoms with Crippen LogP contribution in [-0.2, 0) is 39.2 Å². The Labute approximate surface area is 286 Å². The molecule has 17 heteroatoms. The highest BCUT2D eigenvalue weighted by molar-refractivity contribution is 9.10. The second kappa shape index (κ2) is 13.1. The van der Waals surface area contributed by atoms with Gasteiger partial charge in [0.15, 0.2) is 0 Å². The number of carbonyl (C=O) groups excluding carboxylic acids is 2. The van der Waals surface area contributed by atoms with Gasteiger partial charge in [-0.15, -0.1) is 0 Å². The van der Waals surface area contributed by atoms with E-state index in [1.54, 1.807) is 34.3 Å². The van der Waals surface area contributed by atoms with E-state index >= 15 is 0 Å². The number of rotatable bonds is 9. The highest BCUT2D eigenvalue weighted by Crippen LogP contribution is 2.42. The van der Waals surface area contributed by atoms with Crippen LogP contribution in [0, 0.1) is 5.92 Å². The summed E-state index contributed by atoms with van der Waals surface area (Å²) < 4.78 is 64.7. The van der Waals surface area contributed by atoms with Crippen LogP contribution in [0.5, 0.6) is 0 Å². The maximum Gasteiger partial charge on any atom is 0.473 e. The minimum Gasteiger partial charge on any atom is -0.330 e. The number of hydrogen-bond donors (Lipinski definition) is 1. The summed E-state index contributed by atoms with van der Waals surface area (Å²) in [6.07, 6.45) is -0.0608. The smallest absolute Gasteiger partial charge is 0.330 e. The third-order valence-corrected chi connectivity index (χ3v) is 10.4. The molecule has 0 bridgehead atoms. The molecule has 12 nitrogen and oxygen atoms in total. The molecule has 1 aliphatic carbocycles. The monoisotopic (exact) mass is 765 g/mol. The number of amides is 2. The molecule has 6 rings (SSSR count). The number of benzene rings is 2. The fraction of sp³-hybridized carbons (Fsp3) is 0.375. The number of halogens is 4. The predicted octanol–water partition coefficient (Wildman–Crippen LogP) is 5.60. The first-order valence-electron chi connectivity index (χ1n) is 15.3. The van der Waals surface area contributed by atoms with Crippen LogP contribution in [0.2, 0.25) is 0 Å². The quantitative estimate of drug-likeness (QED) is 0.172. The third kappa shape index (κ3) is 6.97.